The van der Waals surface area contributed by atoms with Crippen LogP contribution in [0.15, 0.2) is 30.3 Å². The van der Waals surface area contributed by atoms with Gasteiger partial charge in [0.25, 0.3) is 5.91 Å². The third-order valence-electron chi connectivity index (χ3n) is 2.95. The van der Waals surface area contributed by atoms with E-state index in [1.54, 1.807) is 30.3 Å². The number of nitrogens with one attached hydrogen (secondary N) is 2. The second kappa shape index (κ2) is 7.65. The first-order valence-corrected chi connectivity index (χ1v) is 6.70. The second-order valence-electron chi connectivity index (χ2n) is 5.12. The number of hydrogen-bond acceptors (Lipinski definition) is 3. The lowest BCUT2D eigenvalue weighted by molar-refractivity contribution is -0.134. The fourth-order valence-corrected chi connectivity index (χ4v) is 1.91. The van der Waals surface area contributed by atoms with Crippen LogP contribution in [0.5, 0.6) is 0 Å². The van der Waals surface area contributed by atoms with Crippen molar-refractivity contribution in [2.45, 2.75) is 32.4 Å². The molecule has 0 saturated heterocycles. The second-order valence-corrected chi connectivity index (χ2v) is 5.12. The first-order valence-electron chi connectivity index (χ1n) is 6.70. The standard InChI is InChI=1S/C15H22N2O3/c1-10(2)9-12(14(19)16-3)17-15(20)13(18)11-7-5-4-6-8-11/h4-8,10,12-13,18H,9H2,1-3H3,(H,16,19)(H,17,20)/t12-,13+/m0/s1. The van der Waals surface area contributed by atoms with Crippen LogP contribution < -0.4 is 10.6 Å². The van der Waals surface area contributed by atoms with E-state index in [1.807, 2.05) is 13.8 Å². The summed E-state index contributed by atoms with van der Waals surface area (Å²) in [6, 6.07) is 8.00. The smallest absolute Gasteiger partial charge is 0.254 e. The Morgan fingerprint density at radius 3 is 2.25 bits per heavy atom. The largest absolute Gasteiger partial charge is 0.378 e. The zero-order valence-corrected chi connectivity index (χ0v) is 12.1. The highest BCUT2D eigenvalue weighted by Gasteiger charge is 2.25. The van der Waals surface area contributed by atoms with Gasteiger partial charge in [-0.1, -0.05) is 44.2 Å². The van der Waals surface area contributed by atoms with Gasteiger partial charge in [0, 0.05) is 7.05 Å². The van der Waals surface area contributed by atoms with Gasteiger partial charge < -0.3 is 15.7 Å². The zero-order valence-electron chi connectivity index (χ0n) is 12.1. The fraction of sp³-hybridized carbons (Fsp3) is 0.467. The molecule has 5 heteroatoms. The van der Waals surface area contributed by atoms with Crippen molar-refractivity contribution in [2.24, 2.45) is 5.92 Å². The SMILES string of the molecule is CNC(=O)[C@H](CC(C)C)NC(=O)[C@H](O)c1ccccc1. The maximum absolute atomic E-state index is 12.0. The Hall–Kier alpha value is -1.88. The summed E-state index contributed by atoms with van der Waals surface area (Å²) in [5.74, 6) is -0.566. The first-order chi connectivity index (χ1) is 9.45. The van der Waals surface area contributed by atoms with Gasteiger partial charge in [-0.25, -0.2) is 0 Å². The monoisotopic (exact) mass is 278 g/mol. The molecule has 0 bridgehead atoms. The number of hydrogen-bond donors (Lipinski definition) is 3. The minimum Gasteiger partial charge on any atom is -0.378 e. The molecule has 0 aliphatic carbocycles. The quantitative estimate of drug-likeness (QED) is 0.726. The van der Waals surface area contributed by atoms with E-state index in [0.29, 0.717) is 12.0 Å². The Morgan fingerprint density at radius 1 is 1.15 bits per heavy atom. The van der Waals surface area contributed by atoms with Crippen LogP contribution in [0.25, 0.3) is 0 Å². The highest BCUT2D eigenvalue weighted by Crippen LogP contribution is 2.13. The molecule has 2 atom stereocenters. The summed E-state index contributed by atoms with van der Waals surface area (Å²) in [5.41, 5.74) is 0.505. The number of aliphatic hydroxyl groups excluding tert-OH is 1. The lowest BCUT2D eigenvalue weighted by Gasteiger charge is -2.21. The van der Waals surface area contributed by atoms with E-state index in [4.69, 9.17) is 0 Å². The summed E-state index contributed by atoms with van der Waals surface area (Å²) in [7, 11) is 1.52. The molecule has 1 aromatic rings. The summed E-state index contributed by atoms with van der Waals surface area (Å²) >= 11 is 0. The molecule has 0 spiro atoms. The topological polar surface area (TPSA) is 78.4 Å². The molecule has 110 valence electrons. The summed E-state index contributed by atoms with van der Waals surface area (Å²) in [6.07, 6.45) is -0.747. The van der Waals surface area contributed by atoms with Crippen LogP contribution in [0.4, 0.5) is 0 Å². The fourth-order valence-electron chi connectivity index (χ4n) is 1.91. The third kappa shape index (κ3) is 4.66. The van der Waals surface area contributed by atoms with Crippen LogP contribution in [0, 0.1) is 5.92 Å². The van der Waals surface area contributed by atoms with E-state index in [0.717, 1.165) is 0 Å². The van der Waals surface area contributed by atoms with Gasteiger partial charge >= 0.3 is 0 Å². The predicted molar refractivity (Wildman–Crippen MR) is 76.9 cm³/mol. The molecule has 0 radical (unpaired) electrons. The highest BCUT2D eigenvalue weighted by molar-refractivity contribution is 5.89. The van der Waals surface area contributed by atoms with Crippen LogP contribution in [0.1, 0.15) is 31.9 Å². The molecule has 20 heavy (non-hydrogen) atoms. The van der Waals surface area contributed by atoms with E-state index < -0.39 is 18.1 Å². The van der Waals surface area contributed by atoms with Gasteiger partial charge in [-0.15, -0.1) is 0 Å². The van der Waals surface area contributed by atoms with Gasteiger partial charge in [0.05, 0.1) is 0 Å². The van der Waals surface area contributed by atoms with Crippen LogP contribution in [-0.2, 0) is 9.59 Å². The lowest BCUT2D eigenvalue weighted by Crippen LogP contribution is -2.47. The zero-order chi connectivity index (χ0) is 15.1. The molecule has 2 amide bonds. The number of benzene rings is 1. The van der Waals surface area contributed by atoms with Crippen molar-refractivity contribution in [1.82, 2.24) is 10.6 Å². The Balaban J connectivity index is 2.72. The van der Waals surface area contributed by atoms with Gasteiger partial charge in [0.1, 0.15) is 6.04 Å². The minimum atomic E-state index is -1.27. The lowest BCUT2D eigenvalue weighted by atomic mass is 10.0. The number of likely N-dealkylation sites (N-methyl/N-ethyl adjacent to an activating group) is 1. The normalized spacial score (nSPS) is 13.7. The molecule has 0 aromatic heterocycles. The van der Waals surface area contributed by atoms with Crippen molar-refractivity contribution in [3.05, 3.63) is 35.9 Å². The van der Waals surface area contributed by atoms with Crippen molar-refractivity contribution in [3.63, 3.8) is 0 Å². The number of amides is 2. The molecule has 1 rings (SSSR count). The number of rotatable bonds is 6. The summed E-state index contributed by atoms with van der Waals surface area (Å²) in [6.45, 7) is 3.94. The molecule has 3 N–H and O–H groups in total. The van der Waals surface area contributed by atoms with Crippen LogP contribution >= 0.6 is 0 Å². The number of aliphatic hydroxyl groups is 1. The molecule has 0 fully saturated rings. The maximum Gasteiger partial charge on any atom is 0.254 e. The highest BCUT2D eigenvalue weighted by atomic mass is 16.3. The van der Waals surface area contributed by atoms with Crippen molar-refractivity contribution >= 4 is 11.8 Å². The molecule has 5 nitrogen and oxygen atoms in total. The van der Waals surface area contributed by atoms with Crippen LogP contribution in [-0.4, -0.2) is 30.0 Å². The minimum absolute atomic E-state index is 0.256. The molecular weight excluding hydrogens is 256 g/mol. The van der Waals surface area contributed by atoms with E-state index in [9.17, 15) is 14.7 Å². The summed E-state index contributed by atoms with van der Waals surface area (Å²) in [4.78, 5) is 23.7. The van der Waals surface area contributed by atoms with Gasteiger partial charge in [-0.05, 0) is 17.9 Å². The van der Waals surface area contributed by atoms with Crippen LogP contribution in [0.2, 0.25) is 0 Å². The summed E-state index contributed by atoms with van der Waals surface area (Å²) < 4.78 is 0. The number of carbonyl (C=O) groups excluding carboxylic acids is 2. The molecule has 0 unspecified atom stereocenters. The van der Waals surface area contributed by atoms with Gasteiger partial charge in [-0.2, -0.15) is 0 Å². The van der Waals surface area contributed by atoms with E-state index in [2.05, 4.69) is 10.6 Å². The van der Waals surface area contributed by atoms with Crippen molar-refractivity contribution < 1.29 is 14.7 Å². The van der Waals surface area contributed by atoms with Crippen molar-refractivity contribution in [3.8, 4) is 0 Å². The number of carbonyl (C=O) groups is 2. The Morgan fingerprint density at radius 2 is 1.75 bits per heavy atom. The van der Waals surface area contributed by atoms with E-state index >= 15 is 0 Å². The Bertz CT molecular complexity index is 446. The van der Waals surface area contributed by atoms with Gasteiger partial charge in [-0.3, -0.25) is 9.59 Å². The van der Waals surface area contributed by atoms with E-state index in [1.165, 1.54) is 7.05 Å². The van der Waals surface area contributed by atoms with E-state index in [-0.39, 0.29) is 11.8 Å². The molecule has 0 saturated carbocycles. The van der Waals surface area contributed by atoms with Gasteiger partial charge in [0.15, 0.2) is 6.10 Å². The first kappa shape index (κ1) is 16.2. The molecule has 0 aliphatic heterocycles. The Labute approximate surface area is 119 Å². The Kier molecular flexibility index (Phi) is 6.18. The van der Waals surface area contributed by atoms with Crippen molar-refractivity contribution in [1.29, 1.82) is 0 Å². The predicted octanol–water partition coefficient (Wildman–Crippen LogP) is 0.997. The maximum atomic E-state index is 12.0. The molecule has 0 heterocycles. The summed E-state index contributed by atoms with van der Waals surface area (Å²) in [5, 5.41) is 15.1. The average Bonchev–Trinajstić information content (AvgIpc) is 2.45. The third-order valence-corrected chi connectivity index (χ3v) is 2.95. The molecule has 1 aromatic carbocycles. The molecular formula is C15H22N2O3. The van der Waals surface area contributed by atoms with Crippen molar-refractivity contribution in [2.75, 3.05) is 7.05 Å². The average molecular weight is 278 g/mol. The molecule has 0 aliphatic rings. The van der Waals surface area contributed by atoms with Crippen LogP contribution in [0.3, 0.4) is 0 Å². The van der Waals surface area contributed by atoms with Gasteiger partial charge in [0.2, 0.25) is 5.91 Å².